The molecule has 188 valence electrons. The molecule has 0 saturated heterocycles. The number of halogens is 1. The molecule has 3 heteroatoms. The second-order valence-corrected chi connectivity index (χ2v) is 11.2. The minimum absolute atomic E-state index is 0.0260. The van der Waals surface area contributed by atoms with Crippen molar-refractivity contribution in [2.24, 2.45) is 11.3 Å². The van der Waals surface area contributed by atoms with E-state index >= 15 is 0 Å². The fraction of sp³-hybridized carbons (Fsp3) is 0.438. The molecule has 2 unspecified atom stereocenters. The summed E-state index contributed by atoms with van der Waals surface area (Å²) in [6.45, 7) is 21.4. The highest BCUT2D eigenvalue weighted by molar-refractivity contribution is 5.58. The summed E-state index contributed by atoms with van der Waals surface area (Å²) in [6.07, 6.45) is 15.2. The van der Waals surface area contributed by atoms with E-state index in [0.29, 0.717) is 11.5 Å². The molecule has 0 radical (unpaired) electrons. The molecule has 0 fully saturated rings. The SMILES string of the molecule is C=C(C1=CCC(C)C=C1)N(C)C1=CCC(NC(/C=C(\C)C(C)(C)C)=c2\c(C)c(F)ccc2=C)CC1. The fourth-order valence-corrected chi connectivity index (χ4v) is 4.52. The van der Waals surface area contributed by atoms with Gasteiger partial charge in [0.25, 0.3) is 0 Å². The van der Waals surface area contributed by atoms with Gasteiger partial charge in [0, 0.05) is 35.4 Å². The predicted molar refractivity (Wildman–Crippen MR) is 149 cm³/mol. The van der Waals surface area contributed by atoms with Crippen LogP contribution in [-0.2, 0) is 0 Å². The van der Waals surface area contributed by atoms with Crippen LogP contribution in [0.25, 0.3) is 12.3 Å². The van der Waals surface area contributed by atoms with Crippen molar-refractivity contribution in [3.05, 3.63) is 93.5 Å². The summed E-state index contributed by atoms with van der Waals surface area (Å²) in [4.78, 5) is 2.24. The van der Waals surface area contributed by atoms with Crippen LogP contribution in [0.2, 0.25) is 0 Å². The third-order valence-electron chi connectivity index (χ3n) is 7.53. The number of benzene rings is 1. The summed E-state index contributed by atoms with van der Waals surface area (Å²) in [5.41, 5.74) is 6.46. The number of hydrogen-bond acceptors (Lipinski definition) is 2. The molecule has 1 N–H and O–H groups in total. The Morgan fingerprint density at radius 1 is 1.20 bits per heavy atom. The van der Waals surface area contributed by atoms with E-state index in [1.807, 2.05) is 6.92 Å². The van der Waals surface area contributed by atoms with Gasteiger partial charge in [0.15, 0.2) is 0 Å². The third kappa shape index (κ3) is 6.45. The summed E-state index contributed by atoms with van der Waals surface area (Å²) in [7, 11) is 2.12. The van der Waals surface area contributed by atoms with Crippen LogP contribution in [0.5, 0.6) is 0 Å². The lowest BCUT2D eigenvalue weighted by atomic mass is 9.86. The number of nitrogens with zero attached hydrogens (tertiary/aromatic N) is 1. The smallest absolute Gasteiger partial charge is 0.126 e. The maximum atomic E-state index is 14.5. The summed E-state index contributed by atoms with van der Waals surface area (Å²) in [6, 6.07) is 3.56. The van der Waals surface area contributed by atoms with Crippen LogP contribution in [0.15, 0.2) is 71.6 Å². The van der Waals surface area contributed by atoms with Gasteiger partial charge in [0.2, 0.25) is 0 Å². The molecule has 0 aromatic heterocycles. The Hall–Kier alpha value is -2.81. The number of likely N-dealkylation sites (N-methyl/N-ethyl adjacent to an activating group) is 1. The third-order valence-corrected chi connectivity index (χ3v) is 7.53. The molecule has 2 nitrogen and oxygen atoms in total. The molecule has 1 aromatic rings. The maximum absolute atomic E-state index is 14.5. The maximum Gasteiger partial charge on any atom is 0.126 e. The average Bonchev–Trinajstić information content (AvgIpc) is 2.81. The molecular formula is C32H43FN2. The lowest BCUT2D eigenvalue weighted by Crippen LogP contribution is -2.39. The molecule has 0 amide bonds. The van der Waals surface area contributed by atoms with Gasteiger partial charge in [0.1, 0.15) is 5.82 Å². The van der Waals surface area contributed by atoms with Crippen molar-refractivity contribution >= 4 is 12.3 Å². The van der Waals surface area contributed by atoms with E-state index in [2.05, 4.69) is 95.4 Å². The molecule has 1 aromatic carbocycles. The van der Waals surface area contributed by atoms with Crippen LogP contribution < -0.4 is 15.8 Å². The topological polar surface area (TPSA) is 15.3 Å². The monoisotopic (exact) mass is 474 g/mol. The molecule has 2 aliphatic rings. The Labute approximate surface area is 212 Å². The molecule has 0 spiro atoms. The number of allylic oxidation sites excluding steroid dienone is 5. The van der Waals surface area contributed by atoms with Crippen molar-refractivity contribution in [1.82, 2.24) is 10.2 Å². The zero-order chi connectivity index (χ0) is 25.9. The summed E-state index contributed by atoms with van der Waals surface area (Å²) in [5.74, 6) is 0.402. The van der Waals surface area contributed by atoms with Gasteiger partial charge >= 0.3 is 0 Å². The standard InChI is InChI=1S/C32H43FN2/c1-21-10-13-26(14-11-21)25(5)35(9)28-17-15-27(16-18-28)34-30(20-23(3)32(6,7)8)31-22(2)12-19-29(33)24(31)4/h10,12-14,17,19-21,27,34H,2,5,11,15-16,18H2,1,3-4,6-9H3/b23-20+,31-30-. The van der Waals surface area contributed by atoms with Gasteiger partial charge in [-0.05, 0) is 79.4 Å². The van der Waals surface area contributed by atoms with Crippen LogP contribution in [0.3, 0.4) is 0 Å². The minimum Gasteiger partial charge on any atom is -0.381 e. The number of nitrogens with one attached hydrogen (secondary N) is 1. The highest BCUT2D eigenvalue weighted by Gasteiger charge is 2.21. The van der Waals surface area contributed by atoms with Crippen molar-refractivity contribution in [1.29, 1.82) is 0 Å². The van der Waals surface area contributed by atoms with Crippen molar-refractivity contribution in [2.45, 2.75) is 73.3 Å². The van der Waals surface area contributed by atoms with Crippen LogP contribution in [0.4, 0.5) is 4.39 Å². The Kier molecular flexibility index (Phi) is 8.30. The summed E-state index contributed by atoms with van der Waals surface area (Å²) in [5, 5.41) is 5.48. The largest absolute Gasteiger partial charge is 0.381 e. The van der Waals surface area contributed by atoms with Crippen molar-refractivity contribution in [3.63, 3.8) is 0 Å². The van der Waals surface area contributed by atoms with E-state index in [9.17, 15) is 4.39 Å². The fourth-order valence-electron chi connectivity index (χ4n) is 4.52. The first-order valence-electron chi connectivity index (χ1n) is 12.8. The average molecular weight is 475 g/mol. The molecule has 2 atom stereocenters. The molecule has 2 aliphatic carbocycles. The van der Waals surface area contributed by atoms with Gasteiger partial charge in [-0.2, -0.15) is 0 Å². The van der Waals surface area contributed by atoms with E-state index < -0.39 is 0 Å². The first-order chi connectivity index (χ1) is 16.4. The summed E-state index contributed by atoms with van der Waals surface area (Å²) >= 11 is 0. The van der Waals surface area contributed by atoms with Gasteiger partial charge in [-0.25, -0.2) is 4.39 Å². The first-order valence-corrected chi connectivity index (χ1v) is 12.8. The number of rotatable bonds is 6. The van der Waals surface area contributed by atoms with Gasteiger partial charge in [-0.15, -0.1) is 0 Å². The van der Waals surface area contributed by atoms with Gasteiger partial charge in [0.05, 0.1) is 0 Å². The van der Waals surface area contributed by atoms with E-state index in [1.54, 1.807) is 6.07 Å². The zero-order valence-electron chi connectivity index (χ0n) is 22.8. The Morgan fingerprint density at radius 3 is 2.49 bits per heavy atom. The van der Waals surface area contributed by atoms with Gasteiger partial charge in [-0.3, -0.25) is 0 Å². The van der Waals surface area contributed by atoms with Gasteiger partial charge in [-0.1, -0.05) is 76.8 Å². The quantitative estimate of drug-likeness (QED) is 0.497. The Bertz CT molecular complexity index is 1200. The van der Waals surface area contributed by atoms with Gasteiger partial charge < -0.3 is 10.2 Å². The van der Waals surface area contributed by atoms with Crippen molar-refractivity contribution in [2.75, 3.05) is 7.05 Å². The molecule has 0 bridgehead atoms. The Balaban J connectivity index is 1.86. The molecule has 0 aliphatic heterocycles. The normalized spacial score (nSPS) is 21.8. The van der Waals surface area contributed by atoms with Crippen molar-refractivity contribution < 1.29 is 4.39 Å². The lowest BCUT2D eigenvalue weighted by Gasteiger charge is -2.32. The second-order valence-electron chi connectivity index (χ2n) is 11.2. The molecule has 3 rings (SSSR count). The molecule has 0 heterocycles. The van der Waals surface area contributed by atoms with E-state index in [0.717, 1.165) is 47.5 Å². The molecule has 35 heavy (non-hydrogen) atoms. The van der Waals surface area contributed by atoms with Crippen LogP contribution in [0, 0.1) is 24.1 Å². The molecular weight excluding hydrogens is 431 g/mol. The van der Waals surface area contributed by atoms with E-state index in [1.165, 1.54) is 22.9 Å². The van der Waals surface area contributed by atoms with Crippen molar-refractivity contribution in [3.8, 4) is 0 Å². The van der Waals surface area contributed by atoms with Crippen LogP contribution in [0.1, 0.15) is 65.9 Å². The minimum atomic E-state index is -0.195. The Morgan fingerprint density at radius 2 is 1.91 bits per heavy atom. The number of hydrogen-bond donors (Lipinski definition) is 1. The predicted octanol–water partition coefficient (Wildman–Crippen LogP) is 6.64. The first kappa shape index (κ1) is 26.8. The lowest BCUT2D eigenvalue weighted by molar-refractivity contribution is 0.438. The van der Waals surface area contributed by atoms with Crippen LogP contribution >= 0.6 is 0 Å². The zero-order valence-corrected chi connectivity index (χ0v) is 22.8. The highest BCUT2D eigenvalue weighted by Crippen LogP contribution is 2.29. The van der Waals surface area contributed by atoms with E-state index in [4.69, 9.17) is 0 Å². The second kappa shape index (κ2) is 10.8. The molecule has 0 saturated carbocycles. The summed E-state index contributed by atoms with van der Waals surface area (Å²) < 4.78 is 14.5. The van der Waals surface area contributed by atoms with E-state index in [-0.39, 0.29) is 17.3 Å². The highest BCUT2D eigenvalue weighted by atomic mass is 19.1. The van der Waals surface area contributed by atoms with Crippen LogP contribution in [-0.4, -0.2) is 18.0 Å².